The largest absolute Gasteiger partial charge is 0.495 e. The van der Waals surface area contributed by atoms with Gasteiger partial charge in [-0.1, -0.05) is 104 Å². The molecule has 4 aromatic carbocycles. The Labute approximate surface area is 270 Å². The van der Waals surface area contributed by atoms with Crippen LogP contribution in [0.3, 0.4) is 0 Å². The van der Waals surface area contributed by atoms with Crippen LogP contribution in [0, 0.1) is 0 Å². The minimum absolute atomic E-state index is 0.0116. The highest BCUT2D eigenvalue weighted by Crippen LogP contribution is 2.32. The summed E-state index contributed by atoms with van der Waals surface area (Å²) in [7, 11) is -2.77. The van der Waals surface area contributed by atoms with Crippen LogP contribution in [0.5, 0.6) is 5.75 Å². The quantitative estimate of drug-likeness (QED) is 0.157. The van der Waals surface area contributed by atoms with Crippen LogP contribution in [-0.2, 0) is 32.6 Å². The number of hydrogen-bond donors (Lipinski definition) is 1. The summed E-state index contributed by atoms with van der Waals surface area (Å²) < 4.78 is 34.5. The molecule has 0 saturated carbocycles. The number of unbranched alkanes of at least 4 members (excludes halogenated alkanes) is 1. The van der Waals surface area contributed by atoms with Gasteiger partial charge in [-0.25, -0.2) is 8.42 Å². The zero-order valence-electron chi connectivity index (χ0n) is 25.4. The van der Waals surface area contributed by atoms with Crippen LogP contribution in [0.15, 0.2) is 114 Å². The Hall–Kier alpha value is -4.34. The third kappa shape index (κ3) is 8.86. The molecule has 0 heterocycles. The zero-order valence-corrected chi connectivity index (χ0v) is 27.0. The molecule has 2 amide bonds. The molecule has 0 saturated heterocycles. The lowest BCUT2D eigenvalue weighted by Crippen LogP contribution is -2.53. The average molecular weight is 648 g/mol. The van der Waals surface area contributed by atoms with E-state index in [0.29, 0.717) is 12.3 Å². The normalized spacial score (nSPS) is 11.8. The Kier molecular flexibility index (Phi) is 12.0. The topological polar surface area (TPSA) is 96.0 Å². The van der Waals surface area contributed by atoms with Gasteiger partial charge in [-0.3, -0.25) is 13.9 Å². The predicted octanol–water partition coefficient (Wildman–Crippen LogP) is 6.10. The van der Waals surface area contributed by atoms with E-state index in [1.807, 2.05) is 67.6 Å². The van der Waals surface area contributed by atoms with E-state index in [1.54, 1.807) is 30.3 Å². The number of anilines is 1. The molecule has 1 N–H and O–H groups in total. The van der Waals surface area contributed by atoms with Gasteiger partial charge in [0.1, 0.15) is 18.3 Å². The number of methoxy groups -OCH3 is 1. The van der Waals surface area contributed by atoms with Crippen LogP contribution in [0.2, 0.25) is 5.02 Å². The van der Waals surface area contributed by atoms with Crippen molar-refractivity contribution in [2.75, 3.05) is 24.5 Å². The SMILES string of the molecule is CCCCNC(=O)[C@@H](Cc1ccccc1)N(Cc1ccccc1)C(=O)CN(c1ccc(OC)c(Cl)c1)S(=O)(=O)c1ccccc1. The number of carbonyl (C=O) groups is 2. The summed E-state index contributed by atoms with van der Waals surface area (Å²) in [5.41, 5.74) is 1.86. The van der Waals surface area contributed by atoms with Crippen LogP contribution in [0.25, 0.3) is 0 Å². The standard InChI is InChI=1S/C35H38ClN3O5S/c1-3-4-22-37-35(41)32(23-27-14-8-5-9-15-27)38(25-28-16-10-6-11-17-28)34(40)26-39(29-20-21-33(44-2)31(36)24-29)45(42,43)30-18-12-7-13-19-30/h5-21,24,32H,3-4,22-23,25-26H2,1-2H3,(H,37,41)/t32-/m1/s1. The van der Waals surface area contributed by atoms with Crippen LogP contribution in [-0.4, -0.2) is 51.4 Å². The fourth-order valence-electron chi connectivity index (χ4n) is 4.90. The predicted molar refractivity (Wildman–Crippen MR) is 178 cm³/mol. The minimum Gasteiger partial charge on any atom is -0.495 e. The molecule has 0 aliphatic rings. The number of halogens is 1. The summed E-state index contributed by atoms with van der Waals surface area (Å²) in [5.74, 6) is -0.486. The molecule has 8 nitrogen and oxygen atoms in total. The highest BCUT2D eigenvalue weighted by molar-refractivity contribution is 7.92. The van der Waals surface area contributed by atoms with Crippen LogP contribution in [0.4, 0.5) is 5.69 Å². The maximum Gasteiger partial charge on any atom is 0.264 e. The third-order valence-electron chi connectivity index (χ3n) is 7.33. The molecule has 236 valence electrons. The minimum atomic E-state index is -4.23. The van der Waals surface area contributed by atoms with Crippen molar-refractivity contribution in [1.82, 2.24) is 10.2 Å². The number of carbonyl (C=O) groups excluding carboxylic acids is 2. The van der Waals surface area contributed by atoms with Crippen molar-refractivity contribution in [2.45, 2.75) is 43.7 Å². The molecule has 0 bridgehead atoms. The van der Waals surface area contributed by atoms with Crippen LogP contribution in [0.1, 0.15) is 30.9 Å². The van der Waals surface area contributed by atoms with Gasteiger partial charge in [0.15, 0.2) is 0 Å². The van der Waals surface area contributed by atoms with Gasteiger partial charge in [0, 0.05) is 19.5 Å². The molecule has 0 radical (unpaired) electrons. The lowest BCUT2D eigenvalue weighted by atomic mass is 10.0. The number of hydrogen-bond acceptors (Lipinski definition) is 5. The molecule has 0 unspecified atom stereocenters. The van der Waals surface area contributed by atoms with Gasteiger partial charge < -0.3 is 15.0 Å². The molecule has 10 heteroatoms. The van der Waals surface area contributed by atoms with E-state index < -0.39 is 28.5 Å². The van der Waals surface area contributed by atoms with Crippen LogP contribution < -0.4 is 14.4 Å². The first-order valence-electron chi connectivity index (χ1n) is 14.8. The molecule has 4 aromatic rings. The Morgan fingerprint density at radius 2 is 1.47 bits per heavy atom. The van der Waals surface area contributed by atoms with Gasteiger partial charge in [0.25, 0.3) is 10.0 Å². The van der Waals surface area contributed by atoms with E-state index in [9.17, 15) is 18.0 Å². The summed E-state index contributed by atoms with van der Waals surface area (Å²) in [6.45, 7) is 2.03. The molecular weight excluding hydrogens is 610 g/mol. The van der Waals surface area contributed by atoms with Gasteiger partial charge in [0.05, 0.1) is 22.7 Å². The van der Waals surface area contributed by atoms with Crippen molar-refractivity contribution in [3.63, 3.8) is 0 Å². The molecule has 0 aromatic heterocycles. The number of sulfonamides is 1. The Bertz CT molecular complexity index is 1650. The monoisotopic (exact) mass is 647 g/mol. The first-order valence-corrected chi connectivity index (χ1v) is 16.6. The van der Waals surface area contributed by atoms with E-state index >= 15 is 0 Å². The Balaban J connectivity index is 1.79. The fraction of sp³-hybridized carbons (Fsp3) is 0.257. The molecule has 0 spiro atoms. The second-order valence-electron chi connectivity index (χ2n) is 10.5. The van der Waals surface area contributed by atoms with Crippen LogP contribution >= 0.6 is 11.6 Å². The Morgan fingerprint density at radius 3 is 2.04 bits per heavy atom. The number of benzene rings is 4. The molecule has 0 fully saturated rings. The maximum atomic E-state index is 14.5. The number of nitrogens with zero attached hydrogens (tertiary/aromatic N) is 2. The second kappa shape index (κ2) is 16.1. The van der Waals surface area contributed by atoms with E-state index in [4.69, 9.17) is 16.3 Å². The van der Waals surface area contributed by atoms with Gasteiger partial charge >= 0.3 is 0 Å². The van der Waals surface area contributed by atoms with Gasteiger partial charge in [-0.2, -0.15) is 0 Å². The maximum absolute atomic E-state index is 14.5. The number of amides is 2. The summed E-state index contributed by atoms with van der Waals surface area (Å²) in [6.07, 6.45) is 1.93. The molecule has 0 aliphatic heterocycles. The summed E-state index contributed by atoms with van der Waals surface area (Å²) in [5, 5.41) is 3.18. The molecule has 0 aliphatic carbocycles. The molecule has 45 heavy (non-hydrogen) atoms. The highest BCUT2D eigenvalue weighted by Gasteiger charge is 2.34. The summed E-state index contributed by atoms with van der Waals surface area (Å²) in [4.78, 5) is 29.7. The van der Waals surface area contributed by atoms with Crippen molar-refractivity contribution < 1.29 is 22.7 Å². The van der Waals surface area contributed by atoms with E-state index in [1.165, 1.54) is 30.2 Å². The second-order valence-corrected chi connectivity index (χ2v) is 12.8. The van der Waals surface area contributed by atoms with E-state index in [2.05, 4.69) is 5.32 Å². The lowest BCUT2D eigenvalue weighted by Gasteiger charge is -2.34. The summed E-state index contributed by atoms with van der Waals surface area (Å²) >= 11 is 6.42. The van der Waals surface area contributed by atoms with E-state index in [-0.39, 0.29) is 34.5 Å². The highest BCUT2D eigenvalue weighted by atomic mass is 35.5. The number of ether oxygens (including phenoxy) is 1. The number of nitrogens with one attached hydrogen (secondary N) is 1. The lowest BCUT2D eigenvalue weighted by molar-refractivity contribution is -0.140. The van der Waals surface area contributed by atoms with E-state index in [0.717, 1.165) is 28.3 Å². The van der Waals surface area contributed by atoms with Crippen molar-refractivity contribution in [3.05, 3.63) is 125 Å². The first kappa shape index (κ1) is 33.6. The fourth-order valence-corrected chi connectivity index (χ4v) is 6.58. The third-order valence-corrected chi connectivity index (χ3v) is 9.41. The zero-order chi connectivity index (χ0) is 32.2. The number of rotatable bonds is 15. The van der Waals surface area contributed by atoms with Crippen molar-refractivity contribution in [3.8, 4) is 5.75 Å². The smallest absolute Gasteiger partial charge is 0.264 e. The molecule has 4 rings (SSSR count). The molecule has 1 atom stereocenters. The molecular formula is C35H38ClN3O5S. The summed E-state index contributed by atoms with van der Waals surface area (Å²) in [6, 6.07) is 30.3. The van der Waals surface area contributed by atoms with Gasteiger partial charge in [-0.05, 0) is 47.9 Å². The first-order chi connectivity index (χ1) is 21.7. The van der Waals surface area contributed by atoms with Crippen molar-refractivity contribution >= 4 is 39.1 Å². The van der Waals surface area contributed by atoms with Gasteiger partial charge in [-0.15, -0.1) is 0 Å². The van der Waals surface area contributed by atoms with Crippen molar-refractivity contribution in [2.24, 2.45) is 0 Å². The average Bonchev–Trinajstić information content (AvgIpc) is 3.06. The van der Waals surface area contributed by atoms with Gasteiger partial charge in [0.2, 0.25) is 11.8 Å². The Morgan fingerprint density at radius 1 is 0.867 bits per heavy atom. The van der Waals surface area contributed by atoms with Crippen molar-refractivity contribution in [1.29, 1.82) is 0 Å².